The standard InChI is InChI=1S/C25H24BrClN2O3/c1-28-25(31)23(14-18-7-3-2-4-8-18)29(16-19-9-5-10-20(26)13-19)24(30)17-32-22-12-6-11-21(27)15-22/h2-13,15,23H,14,16-17H2,1H3,(H,28,31). The van der Waals surface area contributed by atoms with Crippen LogP contribution < -0.4 is 10.1 Å². The molecule has 1 unspecified atom stereocenters. The molecule has 0 bridgehead atoms. The highest BCUT2D eigenvalue weighted by Gasteiger charge is 2.30. The molecule has 166 valence electrons. The molecule has 0 aliphatic rings. The highest BCUT2D eigenvalue weighted by atomic mass is 79.9. The van der Waals surface area contributed by atoms with Crippen molar-refractivity contribution in [1.29, 1.82) is 0 Å². The van der Waals surface area contributed by atoms with Gasteiger partial charge in [0.1, 0.15) is 11.8 Å². The zero-order valence-electron chi connectivity index (χ0n) is 17.6. The maximum Gasteiger partial charge on any atom is 0.261 e. The number of likely N-dealkylation sites (N-methyl/N-ethyl adjacent to an activating group) is 1. The summed E-state index contributed by atoms with van der Waals surface area (Å²) >= 11 is 9.48. The molecule has 3 aromatic carbocycles. The van der Waals surface area contributed by atoms with Crippen molar-refractivity contribution >= 4 is 39.3 Å². The van der Waals surface area contributed by atoms with Crippen LogP contribution in [0.1, 0.15) is 11.1 Å². The molecule has 0 aliphatic heterocycles. The first-order chi connectivity index (χ1) is 15.5. The van der Waals surface area contributed by atoms with Crippen molar-refractivity contribution in [3.05, 3.63) is 99.5 Å². The molecule has 0 heterocycles. The first-order valence-corrected chi connectivity index (χ1v) is 11.3. The van der Waals surface area contributed by atoms with E-state index in [0.717, 1.165) is 15.6 Å². The van der Waals surface area contributed by atoms with Crippen molar-refractivity contribution in [3.63, 3.8) is 0 Å². The number of benzene rings is 3. The molecule has 0 radical (unpaired) electrons. The van der Waals surface area contributed by atoms with Gasteiger partial charge in [0.05, 0.1) is 0 Å². The predicted molar refractivity (Wildman–Crippen MR) is 130 cm³/mol. The smallest absolute Gasteiger partial charge is 0.261 e. The molecule has 0 saturated heterocycles. The minimum Gasteiger partial charge on any atom is -0.484 e. The molecule has 0 aromatic heterocycles. The molecule has 3 rings (SSSR count). The molecule has 7 heteroatoms. The van der Waals surface area contributed by atoms with Crippen LogP contribution in [0.3, 0.4) is 0 Å². The predicted octanol–water partition coefficient (Wildman–Crippen LogP) is 4.87. The number of amides is 2. The van der Waals surface area contributed by atoms with E-state index in [4.69, 9.17) is 16.3 Å². The zero-order chi connectivity index (χ0) is 22.9. The summed E-state index contributed by atoms with van der Waals surface area (Å²) in [6.45, 7) is 0.0543. The van der Waals surface area contributed by atoms with Gasteiger partial charge in [0.25, 0.3) is 5.91 Å². The van der Waals surface area contributed by atoms with Crippen LogP contribution in [-0.4, -0.2) is 36.4 Å². The Hall–Kier alpha value is -2.83. The molecule has 0 fully saturated rings. The fourth-order valence-corrected chi connectivity index (χ4v) is 3.96. The van der Waals surface area contributed by atoms with Gasteiger partial charge in [-0.1, -0.05) is 76.1 Å². The Morgan fingerprint density at radius 2 is 1.72 bits per heavy atom. The number of nitrogens with zero attached hydrogens (tertiary/aromatic N) is 1. The molecule has 3 aromatic rings. The van der Waals surface area contributed by atoms with Crippen molar-refractivity contribution in [2.45, 2.75) is 19.0 Å². The largest absolute Gasteiger partial charge is 0.484 e. The number of nitrogens with one attached hydrogen (secondary N) is 1. The van der Waals surface area contributed by atoms with Gasteiger partial charge in [-0.25, -0.2) is 0 Å². The SMILES string of the molecule is CNC(=O)C(Cc1ccccc1)N(Cc1cccc(Br)c1)C(=O)COc1cccc(Cl)c1. The van der Waals surface area contributed by atoms with Gasteiger partial charge in [0.15, 0.2) is 6.61 Å². The molecule has 0 aliphatic carbocycles. The van der Waals surface area contributed by atoms with Crippen LogP contribution in [0.2, 0.25) is 5.02 Å². The van der Waals surface area contributed by atoms with Gasteiger partial charge in [-0.05, 0) is 41.5 Å². The monoisotopic (exact) mass is 514 g/mol. The number of halogens is 2. The molecule has 1 atom stereocenters. The van der Waals surface area contributed by atoms with Crippen LogP contribution in [0, 0.1) is 0 Å². The Morgan fingerprint density at radius 1 is 1.00 bits per heavy atom. The van der Waals surface area contributed by atoms with Gasteiger partial charge >= 0.3 is 0 Å². The quantitative estimate of drug-likeness (QED) is 0.442. The number of ether oxygens (including phenoxy) is 1. The molecule has 2 amide bonds. The van der Waals surface area contributed by atoms with E-state index in [1.807, 2.05) is 54.6 Å². The molecule has 5 nitrogen and oxygen atoms in total. The van der Waals surface area contributed by atoms with Crippen molar-refractivity contribution in [3.8, 4) is 5.75 Å². The van der Waals surface area contributed by atoms with Crippen molar-refractivity contribution in [2.75, 3.05) is 13.7 Å². The first-order valence-electron chi connectivity index (χ1n) is 10.1. The van der Waals surface area contributed by atoms with Gasteiger partial charge in [0, 0.05) is 29.5 Å². The lowest BCUT2D eigenvalue weighted by Gasteiger charge is -2.31. The Bertz CT molecular complexity index is 1060. The topological polar surface area (TPSA) is 58.6 Å². The van der Waals surface area contributed by atoms with E-state index in [1.54, 1.807) is 36.2 Å². The average Bonchev–Trinajstić information content (AvgIpc) is 2.80. The highest BCUT2D eigenvalue weighted by molar-refractivity contribution is 9.10. The maximum absolute atomic E-state index is 13.3. The van der Waals surface area contributed by atoms with Crippen LogP contribution >= 0.6 is 27.5 Å². The first kappa shape index (κ1) is 23.8. The second-order valence-corrected chi connectivity index (χ2v) is 8.57. The fourth-order valence-electron chi connectivity index (χ4n) is 3.34. The normalized spacial score (nSPS) is 11.5. The van der Waals surface area contributed by atoms with E-state index in [1.165, 1.54) is 0 Å². The average molecular weight is 516 g/mol. The number of carbonyl (C=O) groups is 2. The van der Waals surface area contributed by atoms with Gasteiger partial charge < -0.3 is 15.0 Å². The summed E-state index contributed by atoms with van der Waals surface area (Å²) in [5.41, 5.74) is 1.86. The number of hydrogen-bond acceptors (Lipinski definition) is 3. The molecular weight excluding hydrogens is 492 g/mol. The Kier molecular flexibility index (Phi) is 8.71. The summed E-state index contributed by atoms with van der Waals surface area (Å²) in [6.07, 6.45) is 0.386. The molecule has 0 spiro atoms. The van der Waals surface area contributed by atoms with E-state index < -0.39 is 6.04 Å². The van der Waals surface area contributed by atoms with E-state index in [9.17, 15) is 9.59 Å². The molecule has 1 N–H and O–H groups in total. The van der Waals surface area contributed by atoms with E-state index in [0.29, 0.717) is 17.2 Å². The zero-order valence-corrected chi connectivity index (χ0v) is 20.0. The lowest BCUT2D eigenvalue weighted by Crippen LogP contribution is -2.51. The van der Waals surface area contributed by atoms with Crippen LogP contribution in [0.5, 0.6) is 5.75 Å². The fraction of sp³-hybridized carbons (Fsp3) is 0.200. The van der Waals surface area contributed by atoms with Gasteiger partial charge in [0.2, 0.25) is 5.91 Å². The Balaban J connectivity index is 1.87. The second kappa shape index (κ2) is 11.7. The second-order valence-electron chi connectivity index (χ2n) is 7.22. The lowest BCUT2D eigenvalue weighted by molar-refractivity contribution is -0.142. The third kappa shape index (κ3) is 6.84. The van der Waals surface area contributed by atoms with Crippen LogP contribution in [0.4, 0.5) is 0 Å². The summed E-state index contributed by atoms with van der Waals surface area (Å²) in [6, 6.07) is 23.5. The van der Waals surface area contributed by atoms with Crippen molar-refractivity contribution < 1.29 is 14.3 Å². The Morgan fingerprint density at radius 3 is 2.41 bits per heavy atom. The molecular formula is C25H24BrClN2O3. The summed E-state index contributed by atoms with van der Waals surface area (Å²) in [5.74, 6) is -0.0396. The third-order valence-corrected chi connectivity index (χ3v) is 5.65. The van der Waals surface area contributed by atoms with E-state index in [-0.39, 0.29) is 25.0 Å². The number of carbonyl (C=O) groups excluding carboxylic acids is 2. The highest BCUT2D eigenvalue weighted by Crippen LogP contribution is 2.20. The minimum absolute atomic E-state index is 0.212. The molecule has 0 saturated carbocycles. The van der Waals surface area contributed by atoms with Crippen molar-refractivity contribution in [1.82, 2.24) is 10.2 Å². The lowest BCUT2D eigenvalue weighted by atomic mass is 10.0. The maximum atomic E-state index is 13.3. The number of rotatable bonds is 9. The Labute approximate surface area is 201 Å². The summed E-state index contributed by atoms with van der Waals surface area (Å²) < 4.78 is 6.59. The minimum atomic E-state index is -0.697. The van der Waals surface area contributed by atoms with Gasteiger partial charge in [-0.2, -0.15) is 0 Å². The van der Waals surface area contributed by atoms with E-state index >= 15 is 0 Å². The summed E-state index contributed by atoms with van der Waals surface area (Å²) in [7, 11) is 1.57. The number of hydrogen-bond donors (Lipinski definition) is 1. The van der Waals surface area contributed by atoms with Crippen LogP contribution in [0.15, 0.2) is 83.3 Å². The third-order valence-electron chi connectivity index (χ3n) is 4.92. The van der Waals surface area contributed by atoms with Crippen molar-refractivity contribution in [2.24, 2.45) is 0 Å². The van der Waals surface area contributed by atoms with Gasteiger partial charge in [-0.3, -0.25) is 9.59 Å². The van der Waals surface area contributed by atoms with Gasteiger partial charge in [-0.15, -0.1) is 0 Å². The summed E-state index contributed by atoms with van der Waals surface area (Å²) in [5, 5.41) is 3.22. The summed E-state index contributed by atoms with van der Waals surface area (Å²) in [4.78, 5) is 27.8. The van der Waals surface area contributed by atoms with Crippen LogP contribution in [0.25, 0.3) is 0 Å². The molecule has 32 heavy (non-hydrogen) atoms. The van der Waals surface area contributed by atoms with E-state index in [2.05, 4.69) is 21.2 Å². The van der Waals surface area contributed by atoms with Crippen LogP contribution in [-0.2, 0) is 22.6 Å².